The molecule has 0 saturated carbocycles. The lowest BCUT2D eigenvalue weighted by Crippen LogP contribution is -2.14. The monoisotopic (exact) mass is 745 g/mol. The van der Waals surface area contributed by atoms with Gasteiger partial charge in [0.15, 0.2) is 0 Å². The summed E-state index contributed by atoms with van der Waals surface area (Å²) in [6, 6.07) is 24.0. The van der Waals surface area contributed by atoms with Crippen molar-refractivity contribution in [2.45, 2.75) is 0 Å². The lowest BCUT2D eigenvalue weighted by atomic mass is 10.1. The van der Waals surface area contributed by atoms with Gasteiger partial charge >= 0.3 is 0 Å². The molecule has 2 heterocycles. The van der Waals surface area contributed by atoms with Crippen LogP contribution in [0.2, 0.25) is 0 Å². The third-order valence-electron chi connectivity index (χ3n) is 6.01. The molecule has 5 N–H and O–H groups in total. The van der Waals surface area contributed by atoms with Crippen LogP contribution in [0.4, 0.5) is 28.4 Å². The first-order valence-electron chi connectivity index (χ1n) is 11.7. The summed E-state index contributed by atoms with van der Waals surface area (Å²) in [5.41, 5.74) is 16.7. The van der Waals surface area contributed by atoms with Gasteiger partial charge in [-0.2, -0.15) is 0 Å². The Morgan fingerprint density at radius 2 is 1.46 bits per heavy atom. The number of fused-ring (bicyclic) bond motifs is 1. The maximum absolute atomic E-state index is 12.9. The minimum absolute atomic E-state index is 0. The maximum Gasteiger partial charge on any atom is 0.257 e. The number of pyridine rings is 2. The number of anilines is 3. The molecule has 0 aliphatic carbocycles. The van der Waals surface area contributed by atoms with Crippen molar-refractivity contribution in [3.8, 4) is 0 Å². The quantitative estimate of drug-likeness (QED) is 0.164. The molecule has 0 spiro atoms. The summed E-state index contributed by atoms with van der Waals surface area (Å²) >= 11 is 0. The first kappa shape index (κ1) is 29.9. The Labute approximate surface area is 260 Å². The second-order valence-electron chi connectivity index (χ2n) is 8.81. The average molecular weight is 745 g/mol. The number of benzene rings is 3. The van der Waals surface area contributed by atoms with Gasteiger partial charge in [-0.15, -0.1) is 48.0 Å². The van der Waals surface area contributed by atoms with Crippen LogP contribution in [0.15, 0.2) is 107 Å². The van der Waals surface area contributed by atoms with Crippen molar-refractivity contribution >= 4 is 93.2 Å². The summed E-state index contributed by atoms with van der Waals surface area (Å²) < 4.78 is 3.96. The van der Waals surface area contributed by atoms with E-state index in [9.17, 15) is 4.79 Å². The minimum Gasteiger partial charge on any atom is -0.399 e. The van der Waals surface area contributed by atoms with E-state index in [0.717, 1.165) is 27.3 Å². The molecule has 5 aromatic rings. The van der Waals surface area contributed by atoms with Gasteiger partial charge in [0.1, 0.15) is 0 Å². The third kappa shape index (κ3) is 7.06. The number of halogens is 2. The largest absolute Gasteiger partial charge is 0.399 e. The van der Waals surface area contributed by atoms with Crippen molar-refractivity contribution < 1.29 is 4.79 Å². The molecule has 200 valence electrons. The minimum atomic E-state index is -0.297. The van der Waals surface area contributed by atoms with Crippen molar-refractivity contribution in [1.29, 1.82) is 0 Å². The van der Waals surface area contributed by atoms with Gasteiger partial charge in [0.05, 0.1) is 33.2 Å². The zero-order valence-electron chi connectivity index (χ0n) is 21.4. The van der Waals surface area contributed by atoms with Gasteiger partial charge in [-0.05, 0) is 78.9 Å². The zero-order valence-corrected chi connectivity index (χ0v) is 26.1. The number of hydrogen-bond donors (Lipinski definition) is 3. The van der Waals surface area contributed by atoms with Crippen molar-refractivity contribution in [3.63, 3.8) is 0 Å². The molecule has 5 rings (SSSR count). The predicted molar refractivity (Wildman–Crippen MR) is 179 cm³/mol. The average Bonchev–Trinajstić information content (AvgIpc) is 2.88. The molecule has 1 amide bonds. The van der Waals surface area contributed by atoms with Gasteiger partial charge in [0, 0.05) is 55.1 Å². The summed E-state index contributed by atoms with van der Waals surface area (Å²) in [6.07, 6.45) is 5.82. The van der Waals surface area contributed by atoms with Gasteiger partial charge < -0.3 is 25.9 Å². The van der Waals surface area contributed by atoms with Crippen molar-refractivity contribution in [2.75, 3.05) is 16.8 Å². The molecular formula is C29H29I2N7O. The van der Waals surface area contributed by atoms with Crippen LogP contribution in [-0.2, 0) is 14.1 Å². The fourth-order valence-corrected chi connectivity index (χ4v) is 4.02. The second kappa shape index (κ2) is 12.9. The Kier molecular flexibility index (Phi) is 9.92. The molecular weight excluding hydrogens is 716 g/mol. The number of amides is 1. The van der Waals surface area contributed by atoms with E-state index >= 15 is 0 Å². The van der Waals surface area contributed by atoms with Crippen molar-refractivity contribution in [1.82, 2.24) is 9.13 Å². The lowest BCUT2D eigenvalue weighted by Gasteiger charge is -2.09. The van der Waals surface area contributed by atoms with Crippen molar-refractivity contribution in [2.24, 2.45) is 24.1 Å². The molecule has 0 radical (unpaired) electrons. The van der Waals surface area contributed by atoms with Crippen LogP contribution < -0.4 is 27.5 Å². The molecule has 0 bridgehead atoms. The number of nitrogens with two attached hydrogens (primary N) is 2. The SMILES string of the molecule is Cn1ccc(=Nc2ccc(NC(=O)c3ccc(N=c4ccn(C)c5ccc(N)cc45)cc3N)cc2)cc1.I.I. The van der Waals surface area contributed by atoms with E-state index in [4.69, 9.17) is 16.5 Å². The highest BCUT2D eigenvalue weighted by atomic mass is 127. The van der Waals surface area contributed by atoms with Crippen LogP contribution in [-0.4, -0.2) is 15.0 Å². The van der Waals surface area contributed by atoms with E-state index in [-0.39, 0.29) is 53.9 Å². The Morgan fingerprint density at radius 3 is 2.15 bits per heavy atom. The summed E-state index contributed by atoms with van der Waals surface area (Å²) in [4.78, 5) is 22.2. The number of rotatable bonds is 4. The van der Waals surface area contributed by atoms with Crippen LogP contribution >= 0.6 is 48.0 Å². The predicted octanol–water partition coefficient (Wildman–Crippen LogP) is 5.63. The lowest BCUT2D eigenvalue weighted by molar-refractivity contribution is 0.102. The molecule has 39 heavy (non-hydrogen) atoms. The summed E-state index contributed by atoms with van der Waals surface area (Å²) in [6.45, 7) is 0. The van der Waals surface area contributed by atoms with Crippen LogP contribution in [0.1, 0.15) is 10.4 Å². The van der Waals surface area contributed by atoms with E-state index in [1.807, 2.05) is 102 Å². The molecule has 10 heteroatoms. The zero-order chi connectivity index (χ0) is 25.9. The number of nitrogen functional groups attached to an aromatic ring is 2. The van der Waals surface area contributed by atoms with E-state index in [0.29, 0.717) is 28.3 Å². The highest BCUT2D eigenvalue weighted by molar-refractivity contribution is 14.0. The Morgan fingerprint density at radius 1 is 0.769 bits per heavy atom. The second-order valence-corrected chi connectivity index (χ2v) is 8.81. The van der Waals surface area contributed by atoms with E-state index < -0.39 is 0 Å². The van der Waals surface area contributed by atoms with Gasteiger partial charge in [-0.25, -0.2) is 9.98 Å². The molecule has 3 aromatic carbocycles. The molecule has 0 aliphatic heterocycles. The summed E-state index contributed by atoms with van der Waals surface area (Å²) in [5, 5.41) is 5.45. The number of nitrogens with zero attached hydrogens (tertiary/aromatic N) is 4. The molecule has 2 aromatic heterocycles. The highest BCUT2D eigenvalue weighted by Crippen LogP contribution is 2.23. The van der Waals surface area contributed by atoms with Crippen LogP contribution in [0, 0.1) is 0 Å². The topological polar surface area (TPSA) is 116 Å². The van der Waals surface area contributed by atoms with Gasteiger partial charge in [-0.3, -0.25) is 4.79 Å². The number of carbonyl (C=O) groups is 1. The first-order chi connectivity index (χ1) is 17.9. The van der Waals surface area contributed by atoms with Crippen LogP contribution in [0.5, 0.6) is 0 Å². The van der Waals surface area contributed by atoms with Crippen LogP contribution in [0.25, 0.3) is 10.9 Å². The number of hydrogen-bond acceptors (Lipinski definition) is 5. The number of aromatic nitrogens is 2. The van der Waals surface area contributed by atoms with E-state index in [1.54, 1.807) is 18.2 Å². The molecule has 8 nitrogen and oxygen atoms in total. The molecule has 0 saturated heterocycles. The van der Waals surface area contributed by atoms with Crippen molar-refractivity contribution in [3.05, 3.63) is 114 Å². The normalized spacial score (nSPS) is 10.9. The number of nitrogens with one attached hydrogen (secondary N) is 1. The van der Waals surface area contributed by atoms with E-state index in [1.165, 1.54) is 0 Å². The Hall–Kier alpha value is -3.65. The fraction of sp³-hybridized carbons (Fsp3) is 0.0690. The molecule has 0 unspecified atom stereocenters. The third-order valence-corrected chi connectivity index (χ3v) is 6.01. The van der Waals surface area contributed by atoms with Gasteiger partial charge in [-0.1, -0.05) is 0 Å². The molecule has 0 aliphatic rings. The smallest absolute Gasteiger partial charge is 0.257 e. The maximum atomic E-state index is 12.9. The summed E-state index contributed by atoms with van der Waals surface area (Å²) in [5.74, 6) is -0.297. The molecule has 0 fully saturated rings. The fourth-order valence-electron chi connectivity index (χ4n) is 4.02. The van der Waals surface area contributed by atoms with E-state index in [2.05, 4.69) is 10.3 Å². The van der Waals surface area contributed by atoms with Crippen LogP contribution in [0.3, 0.4) is 0 Å². The Balaban J connectivity index is 0.00000210. The molecule has 0 atom stereocenters. The first-order valence-corrected chi connectivity index (χ1v) is 11.7. The number of aryl methyl sites for hydroxylation is 2. The standard InChI is InChI=1S/C29H27N7O.2HI/c1-35-14-11-22(12-15-35)32-20-4-6-21(7-5-20)34-29(37)24-9-8-23(18-26(24)31)33-27-13-16-36(2)28-10-3-19(30)17-25(27)28;;/h3-18H,30-31H2,1-2H3,(H,34,37);2*1H. The number of carbonyl (C=O) groups excluding carboxylic acids is 1. The Bertz CT molecular complexity index is 1750. The van der Waals surface area contributed by atoms with Gasteiger partial charge in [0.25, 0.3) is 5.91 Å². The van der Waals surface area contributed by atoms with Gasteiger partial charge in [0.2, 0.25) is 0 Å². The summed E-state index contributed by atoms with van der Waals surface area (Å²) in [7, 11) is 3.93. The highest BCUT2D eigenvalue weighted by Gasteiger charge is 2.11.